The molecule has 1 amide bonds. The van der Waals surface area contributed by atoms with Crippen molar-refractivity contribution in [1.82, 2.24) is 5.32 Å². The average molecular weight is 471 g/mol. The van der Waals surface area contributed by atoms with E-state index in [2.05, 4.69) is 5.32 Å². The molecule has 0 radical (unpaired) electrons. The molecule has 10 heteroatoms. The molecule has 1 aromatic heterocycles. The van der Waals surface area contributed by atoms with Gasteiger partial charge < -0.3 is 33.8 Å². The number of hydrogen-bond acceptors (Lipinski definition) is 9. The van der Waals surface area contributed by atoms with E-state index in [1.807, 2.05) is 6.92 Å². The van der Waals surface area contributed by atoms with Gasteiger partial charge in [-0.05, 0) is 31.2 Å². The molecule has 4 rings (SSSR count). The number of carbonyl (C=O) groups is 3. The molecular weight excluding hydrogens is 446 g/mol. The fourth-order valence-corrected chi connectivity index (χ4v) is 4.25. The molecule has 0 saturated carbocycles. The molecule has 0 bridgehead atoms. The van der Waals surface area contributed by atoms with Crippen LogP contribution < -0.4 is 14.8 Å². The van der Waals surface area contributed by atoms with Crippen molar-refractivity contribution < 1.29 is 42.9 Å². The van der Waals surface area contributed by atoms with Crippen molar-refractivity contribution in [2.24, 2.45) is 0 Å². The summed E-state index contributed by atoms with van der Waals surface area (Å²) < 4.78 is 27.3. The number of nitrogens with one attached hydrogen (secondary N) is 1. The van der Waals surface area contributed by atoms with Crippen LogP contribution in [-0.4, -0.2) is 61.3 Å². The molecule has 34 heavy (non-hydrogen) atoms. The first-order valence-electron chi connectivity index (χ1n) is 10.6. The van der Waals surface area contributed by atoms with Crippen molar-refractivity contribution in [3.8, 4) is 11.5 Å². The zero-order chi connectivity index (χ0) is 24.8. The second-order valence-corrected chi connectivity index (χ2v) is 7.97. The Hall–Kier alpha value is -3.63. The number of aliphatic hydroxyl groups excluding tert-OH is 1. The van der Waals surface area contributed by atoms with Gasteiger partial charge in [0.2, 0.25) is 17.3 Å². The van der Waals surface area contributed by atoms with E-state index in [4.69, 9.17) is 23.4 Å². The zero-order valence-corrected chi connectivity index (χ0v) is 19.4. The molecule has 1 saturated heterocycles. The number of amides is 1. The van der Waals surface area contributed by atoms with E-state index in [0.29, 0.717) is 23.7 Å². The van der Waals surface area contributed by atoms with E-state index in [-0.39, 0.29) is 22.7 Å². The van der Waals surface area contributed by atoms with E-state index in [1.54, 1.807) is 18.2 Å². The molecule has 180 valence electrons. The Morgan fingerprint density at radius 3 is 2.29 bits per heavy atom. The summed E-state index contributed by atoms with van der Waals surface area (Å²) in [4.78, 5) is 40.1. The number of benzene rings is 1. The molecule has 3 heterocycles. The Morgan fingerprint density at radius 2 is 1.76 bits per heavy atom. The van der Waals surface area contributed by atoms with Crippen LogP contribution in [0.25, 0.3) is 5.76 Å². The van der Waals surface area contributed by atoms with Crippen LogP contribution in [0.15, 0.2) is 40.3 Å². The summed E-state index contributed by atoms with van der Waals surface area (Å²) in [5, 5.41) is 13.7. The molecule has 1 fully saturated rings. The highest BCUT2D eigenvalue weighted by atomic mass is 16.6. The third-order valence-corrected chi connectivity index (χ3v) is 6.20. The first kappa shape index (κ1) is 23.5. The zero-order valence-electron chi connectivity index (χ0n) is 19.4. The maximum absolute atomic E-state index is 13.6. The van der Waals surface area contributed by atoms with Crippen molar-refractivity contribution in [1.29, 1.82) is 0 Å². The van der Waals surface area contributed by atoms with Gasteiger partial charge in [0.25, 0.3) is 11.5 Å². The third-order valence-electron chi connectivity index (χ3n) is 6.20. The monoisotopic (exact) mass is 471 g/mol. The van der Waals surface area contributed by atoms with E-state index in [1.165, 1.54) is 33.3 Å². The molecule has 3 atom stereocenters. The predicted octanol–water partition coefficient (Wildman–Crippen LogP) is 1.64. The number of methoxy groups -OCH3 is 3. The molecule has 2 aliphatic heterocycles. The summed E-state index contributed by atoms with van der Waals surface area (Å²) in [6.07, 6.45) is -1.41. The van der Waals surface area contributed by atoms with Crippen LogP contribution in [0.5, 0.6) is 11.5 Å². The molecule has 2 N–H and O–H groups in total. The molecule has 0 unspecified atom stereocenters. The third kappa shape index (κ3) is 3.13. The van der Waals surface area contributed by atoms with Gasteiger partial charge >= 0.3 is 0 Å². The maximum Gasteiger partial charge on any atom is 0.279 e. The van der Waals surface area contributed by atoms with Gasteiger partial charge in [0, 0.05) is 30.7 Å². The lowest BCUT2D eigenvalue weighted by molar-refractivity contribution is -0.156. The first-order valence-corrected chi connectivity index (χ1v) is 10.6. The van der Waals surface area contributed by atoms with E-state index in [0.717, 1.165) is 7.11 Å². The summed E-state index contributed by atoms with van der Waals surface area (Å²) in [6.45, 7) is 3.36. The summed E-state index contributed by atoms with van der Waals surface area (Å²) in [5.41, 5.74) is -4.64. The smallest absolute Gasteiger partial charge is 0.279 e. The van der Waals surface area contributed by atoms with Gasteiger partial charge in [0.15, 0.2) is 17.6 Å². The summed E-state index contributed by atoms with van der Waals surface area (Å²) >= 11 is 0. The topological polar surface area (TPSA) is 134 Å². The molecule has 2 aliphatic rings. The van der Waals surface area contributed by atoms with Crippen molar-refractivity contribution in [2.45, 2.75) is 37.7 Å². The number of aryl methyl sites for hydroxylation is 1. The predicted molar refractivity (Wildman–Crippen MR) is 117 cm³/mol. The standard InChI is InChI=1S/C24H25NO9/c1-6-14-7-8-17(33-14)18-12(2)19(26)23(34-18)21(28)24(32-5,25-22(23)29)20(27)13-9-15(30-3)11-16(10-13)31-4/h7-11,21,28H,6H2,1-5H3,(H,25,29)/t21-,23+,24-/m1/s1. The maximum atomic E-state index is 13.6. The quantitative estimate of drug-likeness (QED) is 0.457. The van der Waals surface area contributed by atoms with Gasteiger partial charge in [-0.1, -0.05) is 6.92 Å². The molecule has 1 aromatic carbocycles. The van der Waals surface area contributed by atoms with Gasteiger partial charge in [-0.2, -0.15) is 0 Å². The van der Waals surface area contributed by atoms with E-state index >= 15 is 0 Å². The van der Waals surface area contributed by atoms with Gasteiger partial charge in [-0.3, -0.25) is 14.4 Å². The van der Waals surface area contributed by atoms with Gasteiger partial charge in [0.05, 0.1) is 14.2 Å². The minimum Gasteiger partial charge on any atom is -0.497 e. The van der Waals surface area contributed by atoms with Crippen molar-refractivity contribution in [2.75, 3.05) is 21.3 Å². The highest BCUT2D eigenvalue weighted by Gasteiger charge is 2.74. The van der Waals surface area contributed by atoms with Crippen molar-refractivity contribution in [3.63, 3.8) is 0 Å². The van der Waals surface area contributed by atoms with Crippen LogP contribution in [0.1, 0.15) is 35.7 Å². The Balaban J connectivity index is 1.76. The van der Waals surface area contributed by atoms with E-state index in [9.17, 15) is 19.5 Å². The van der Waals surface area contributed by atoms with Crippen molar-refractivity contribution >= 4 is 23.2 Å². The molecule has 0 aliphatic carbocycles. The van der Waals surface area contributed by atoms with Crippen LogP contribution >= 0.6 is 0 Å². The summed E-state index contributed by atoms with van der Waals surface area (Å²) in [6, 6.07) is 7.69. The van der Waals surface area contributed by atoms with Gasteiger partial charge in [0.1, 0.15) is 17.3 Å². The number of rotatable bonds is 7. The number of ether oxygens (including phenoxy) is 4. The molecule has 1 spiro atoms. The molecule has 10 nitrogen and oxygen atoms in total. The number of carbonyl (C=O) groups excluding carboxylic acids is 3. The lowest BCUT2D eigenvalue weighted by Gasteiger charge is -2.32. The summed E-state index contributed by atoms with van der Waals surface area (Å²) in [5.74, 6) is -1.11. The largest absolute Gasteiger partial charge is 0.497 e. The molecule has 2 aromatic rings. The highest BCUT2D eigenvalue weighted by molar-refractivity contribution is 6.25. The lowest BCUT2D eigenvalue weighted by Crippen LogP contribution is -2.60. The summed E-state index contributed by atoms with van der Waals surface area (Å²) in [7, 11) is 3.96. The number of hydrogen-bond donors (Lipinski definition) is 2. The van der Waals surface area contributed by atoms with Crippen LogP contribution in [0.2, 0.25) is 0 Å². The minimum atomic E-state index is -2.42. The molecular formula is C24H25NO9. The van der Waals surface area contributed by atoms with Gasteiger partial charge in [-0.25, -0.2) is 0 Å². The Kier molecular flexibility index (Phi) is 5.74. The number of furan rings is 1. The van der Waals surface area contributed by atoms with E-state index < -0.39 is 34.9 Å². The number of ketones is 2. The Labute approximate surface area is 195 Å². The minimum absolute atomic E-state index is 0.0151. The van der Waals surface area contributed by atoms with Crippen LogP contribution in [0, 0.1) is 0 Å². The normalized spacial score (nSPS) is 26.1. The lowest BCUT2D eigenvalue weighted by atomic mass is 9.85. The van der Waals surface area contributed by atoms with Crippen LogP contribution in [-0.2, 0) is 25.5 Å². The Bertz CT molecular complexity index is 1190. The van der Waals surface area contributed by atoms with Crippen LogP contribution in [0.4, 0.5) is 0 Å². The van der Waals surface area contributed by atoms with Gasteiger partial charge in [-0.15, -0.1) is 0 Å². The van der Waals surface area contributed by atoms with Crippen molar-refractivity contribution in [3.05, 3.63) is 53.0 Å². The second kappa shape index (κ2) is 8.30. The fourth-order valence-electron chi connectivity index (χ4n) is 4.25. The Morgan fingerprint density at radius 1 is 1.12 bits per heavy atom. The SMILES string of the molecule is CCc1ccc(C2=C(C)C(=O)[C@@]3(O2)C(=O)N[C@@](OC)(C(=O)c2cc(OC)cc(OC)c2)[C@@H]3O)o1. The number of aliphatic hydroxyl groups is 1. The van der Waals surface area contributed by atoms with Crippen LogP contribution in [0.3, 0.4) is 0 Å². The second-order valence-electron chi connectivity index (χ2n) is 7.97. The average Bonchev–Trinajstić information content (AvgIpc) is 3.50. The first-order chi connectivity index (χ1) is 16.2. The highest BCUT2D eigenvalue weighted by Crippen LogP contribution is 2.46. The fraction of sp³-hybridized carbons (Fsp3) is 0.375. The number of Topliss-reactive ketones (excluding diaryl/α,β-unsaturated/α-hetero) is 2.